The van der Waals surface area contributed by atoms with E-state index in [1.807, 2.05) is 6.07 Å². The van der Waals surface area contributed by atoms with Crippen molar-refractivity contribution in [1.82, 2.24) is 0 Å². The maximum atomic E-state index is 11.8. The minimum Gasteiger partial charge on any atom is -0.489 e. The van der Waals surface area contributed by atoms with Gasteiger partial charge in [0.25, 0.3) is 0 Å². The van der Waals surface area contributed by atoms with Crippen molar-refractivity contribution in [1.29, 1.82) is 5.26 Å². The molecule has 0 heterocycles. The van der Waals surface area contributed by atoms with Gasteiger partial charge in [-0.1, -0.05) is 0 Å². The zero-order valence-corrected chi connectivity index (χ0v) is 6.96. The van der Waals surface area contributed by atoms with Gasteiger partial charge in [-0.25, -0.2) is 4.39 Å². The zero-order valence-electron chi connectivity index (χ0n) is 6.96. The zero-order chi connectivity index (χ0) is 9.68. The third-order valence-electron chi connectivity index (χ3n) is 1.46. The van der Waals surface area contributed by atoms with E-state index < -0.39 is 6.67 Å². The summed E-state index contributed by atoms with van der Waals surface area (Å²) in [5, 5.41) is 8.64. The third kappa shape index (κ3) is 2.34. The summed E-state index contributed by atoms with van der Waals surface area (Å²) in [6, 6.07) is 6.58. The molecule has 1 rings (SSSR count). The highest BCUT2D eigenvalue weighted by atomic mass is 19.1. The van der Waals surface area contributed by atoms with Crippen LogP contribution in [0, 0.1) is 11.3 Å². The second-order valence-electron chi connectivity index (χ2n) is 2.40. The predicted octanol–water partition coefficient (Wildman–Crippen LogP) is 1.49. The topological polar surface area (TPSA) is 59.0 Å². The molecule has 3 nitrogen and oxygen atoms in total. The number of hydrogen-bond donors (Lipinski definition) is 1. The molecule has 68 valence electrons. The van der Waals surface area contributed by atoms with Crippen LogP contribution in [-0.2, 0) is 0 Å². The molecule has 0 aromatic heterocycles. The molecule has 0 amide bonds. The number of rotatable bonds is 3. The van der Waals surface area contributed by atoms with E-state index in [-0.39, 0.29) is 6.61 Å². The third-order valence-corrected chi connectivity index (χ3v) is 1.46. The number of benzene rings is 1. The molecule has 0 atom stereocenters. The lowest BCUT2D eigenvalue weighted by molar-refractivity contribution is 0.273. The molecule has 0 aliphatic rings. The van der Waals surface area contributed by atoms with E-state index in [1.165, 1.54) is 6.07 Å². The first-order valence-corrected chi connectivity index (χ1v) is 3.76. The molecule has 0 fully saturated rings. The van der Waals surface area contributed by atoms with Gasteiger partial charge in [0, 0.05) is 11.8 Å². The summed E-state index contributed by atoms with van der Waals surface area (Å²) in [5.41, 5.74) is 6.33. The first-order chi connectivity index (χ1) is 6.27. The molecule has 0 unspecified atom stereocenters. The number of anilines is 1. The summed E-state index contributed by atoms with van der Waals surface area (Å²) in [6.07, 6.45) is 0. The second kappa shape index (κ2) is 4.31. The SMILES string of the molecule is N#Cc1ccc(N)cc1OCCF. The van der Waals surface area contributed by atoms with Gasteiger partial charge >= 0.3 is 0 Å². The van der Waals surface area contributed by atoms with Crippen LogP contribution in [0.2, 0.25) is 0 Å². The van der Waals surface area contributed by atoms with Gasteiger partial charge in [-0.3, -0.25) is 0 Å². The van der Waals surface area contributed by atoms with Crippen LogP contribution in [0.3, 0.4) is 0 Å². The molecule has 0 spiro atoms. The van der Waals surface area contributed by atoms with Crippen molar-refractivity contribution in [2.45, 2.75) is 0 Å². The average molecular weight is 180 g/mol. The van der Waals surface area contributed by atoms with Gasteiger partial charge in [-0.2, -0.15) is 5.26 Å². The molecule has 4 heteroatoms. The Hall–Kier alpha value is -1.76. The average Bonchev–Trinajstić information content (AvgIpc) is 2.15. The highest BCUT2D eigenvalue weighted by molar-refractivity contribution is 5.52. The normalized spacial score (nSPS) is 9.23. The maximum Gasteiger partial charge on any atom is 0.139 e. The number of nitrogen functional groups attached to an aromatic ring is 1. The first kappa shape index (κ1) is 9.33. The van der Waals surface area contributed by atoms with Gasteiger partial charge in [0.1, 0.15) is 25.1 Å². The minimum atomic E-state index is -0.584. The van der Waals surface area contributed by atoms with Crippen LogP contribution in [0.4, 0.5) is 10.1 Å². The number of nitrogens with zero attached hydrogens (tertiary/aromatic N) is 1. The van der Waals surface area contributed by atoms with Crippen molar-refractivity contribution in [2.24, 2.45) is 0 Å². The Kier molecular flexibility index (Phi) is 3.09. The van der Waals surface area contributed by atoms with Crippen molar-refractivity contribution >= 4 is 5.69 Å². The Morgan fingerprint density at radius 1 is 1.54 bits per heavy atom. The van der Waals surface area contributed by atoms with E-state index in [4.69, 9.17) is 15.7 Å². The van der Waals surface area contributed by atoms with Gasteiger partial charge in [-0.05, 0) is 12.1 Å². The van der Waals surface area contributed by atoms with E-state index in [0.717, 1.165) is 0 Å². The lowest BCUT2D eigenvalue weighted by Gasteiger charge is -2.05. The molecule has 1 aromatic rings. The van der Waals surface area contributed by atoms with Crippen molar-refractivity contribution in [3.05, 3.63) is 23.8 Å². The molecule has 0 saturated heterocycles. The smallest absolute Gasteiger partial charge is 0.139 e. The molecule has 0 bridgehead atoms. The largest absolute Gasteiger partial charge is 0.489 e. The molecule has 0 saturated carbocycles. The van der Waals surface area contributed by atoms with Gasteiger partial charge < -0.3 is 10.5 Å². The summed E-state index contributed by atoms with van der Waals surface area (Å²) >= 11 is 0. The van der Waals surface area contributed by atoms with E-state index in [2.05, 4.69) is 0 Å². The Balaban J connectivity index is 2.89. The summed E-state index contributed by atoms with van der Waals surface area (Å²) in [5.74, 6) is 0.333. The first-order valence-electron chi connectivity index (χ1n) is 3.76. The summed E-state index contributed by atoms with van der Waals surface area (Å²) in [6.45, 7) is -0.641. The Bertz CT molecular complexity index is 333. The molecular weight excluding hydrogens is 171 g/mol. The number of nitriles is 1. The second-order valence-corrected chi connectivity index (χ2v) is 2.40. The summed E-state index contributed by atoms with van der Waals surface area (Å²) in [4.78, 5) is 0. The maximum absolute atomic E-state index is 11.8. The molecule has 13 heavy (non-hydrogen) atoms. The van der Waals surface area contributed by atoms with E-state index in [9.17, 15) is 4.39 Å². The van der Waals surface area contributed by atoms with Crippen LogP contribution in [0.5, 0.6) is 5.75 Å². The van der Waals surface area contributed by atoms with Crippen LogP contribution in [0.25, 0.3) is 0 Å². The molecule has 0 aliphatic heterocycles. The Labute approximate surface area is 75.5 Å². The monoisotopic (exact) mass is 180 g/mol. The number of alkyl halides is 1. The van der Waals surface area contributed by atoms with Crippen LogP contribution >= 0.6 is 0 Å². The molecule has 0 radical (unpaired) electrons. The number of hydrogen-bond acceptors (Lipinski definition) is 3. The van der Waals surface area contributed by atoms with Crippen LogP contribution in [0.15, 0.2) is 18.2 Å². The van der Waals surface area contributed by atoms with Gasteiger partial charge in [-0.15, -0.1) is 0 Å². The lowest BCUT2D eigenvalue weighted by atomic mass is 10.2. The van der Waals surface area contributed by atoms with Crippen LogP contribution < -0.4 is 10.5 Å². The summed E-state index contributed by atoms with van der Waals surface area (Å²) in [7, 11) is 0. The Morgan fingerprint density at radius 3 is 2.92 bits per heavy atom. The Morgan fingerprint density at radius 2 is 2.31 bits per heavy atom. The standard InChI is InChI=1S/C9H9FN2O/c10-3-4-13-9-5-8(12)2-1-7(9)6-11/h1-2,5H,3-4,12H2. The fourth-order valence-corrected chi connectivity index (χ4v) is 0.899. The van der Waals surface area contributed by atoms with Crippen LogP contribution in [-0.4, -0.2) is 13.3 Å². The highest BCUT2D eigenvalue weighted by Gasteiger charge is 2.02. The molecule has 1 aromatic carbocycles. The van der Waals surface area contributed by atoms with Gasteiger partial charge in [0.05, 0.1) is 5.56 Å². The molecule has 2 N–H and O–H groups in total. The molecule has 0 aliphatic carbocycles. The fraction of sp³-hybridized carbons (Fsp3) is 0.222. The minimum absolute atomic E-state index is 0.0574. The van der Waals surface area contributed by atoms with Gasteiger partial charge in [0.2, 0.25) is 0 Å². The number of ether oxygens (including phenoxy) is 1. The van der Waals surface area contributed by atoms with Crippen molar-refractivity contribution in [2.75, 3.05) is 19.0 Å². The van der Waals surface area contributed by atoms with E-state index in [1.54, 1.807) is 12.1 Å². The van der Waals surface area contributed by atoms with Crippen molar-refractivity contribution in [3.63, 3.8) is 0 Å². The quantitative estimate of drug-likeness (QED) is 0.717. The summed E-state index contributed by atoms with van der Waals surface area (Å²) < 4.78 is 16.8. The highest BCUT2D eigenvalue weighted by Crippen LogP contribution is 2.20. The lowest BCUT2D eigenvalue weighted by Crippen LogP contribution is -2.01. The van der Waals surface area contributed by atoms with Gasteiger partial charge in [0.15, 0.2) is 0 Å². The molecular formula is C9H9FN2O. The predicted molar refractivity (Wildman–Crippen MR) is 47.0 cm³/mol. The van der Waals surface area contributed by atoms with Crippen molar-refractivity contribution < 1.29 is 9.13 Å². The number of halogens is 1. The van der Waals surface area contributed by atoms with Crippen LogP contribution in [0.1, 0.15) is 5.56 Å². The van der Waals surface area contributed by atoms with E-state index in [0.29, 0.717) is 17.0 Å². The van der Waals surface area contributed by atoms with Crippen molar-refractivity contribution in [3.8, 4) is 11.8 Å². The van der Waals surface area contributed by atoms with E-state index >= 15 is 0 Å². The number of nitrogens with two attached hydrogens (primary N) is 1. The fourth-order valence-electron chi connectivity index (χ4n) is 0.899.